The molecule has 0 heterocycles. The molecule has 0 rings (SSSR count). The molecule has 0 aromatic carbocycles. The van der Waals surface area contributed by atoms with Crippen LogP contribution in [0, 0.1) is 0 Å². The molecule has 29 valence electrons. The molecular formula is C3H8NTi. The molecule has 2 heteroatoms. The van der Waals surface area contributed by atoms with Crippen LogP contribution in [-0.4, -0.2) is 0 Å². The summed E-state index contributed by atoms with van der Waals surface area (Å²) in [5.41, 5.74) is 0. The second kappa shape index (κ2) is 25.7. The van der Waals surface area contributed by atoms with E-state index in [0.717, 1.165) is 0 Å². The van der Waals surface area contributed by atoms with Crippen LogP contribution in [0.5, 0.6) is 0 Å². The minimum absolute atomic E-state index is 1.50. The zero-order chi connectivity index (χ0) is 4.71. The van der Waals surface area contributed by atoms with Crippen molar-refractivity contribution in [2.45, 2.75) is 6.92 Å². The van der Waals surface area contributed by atoms with Crippen LogP contribution >= 0.6 is 0 Å². The summed E-state index contributed by atoms with van der Waals surface area (Å²) in [5, 5.41) is 0. The van der Waals surface area contributed by atoms with Crippen molar-refractivity contribution in [1.82, 2.24) is 0 Å². The van der Waals surface area contributed by atoms with Crippen LogP contribution in [0.4, 0.5) is 0 Å². The van der Waals surface area contributed by atoms with Gasteiger partial charge in [-0.1, -0.05) is 6.08 Å². The summed E-state index contributed by atoms with van der Waals surface area (Å²) in [4.78, 5) is 0. The van der Waals surface area contributed by atoms with Crippen molar-refractivity contribution in [2.24, 2.45) is 4.22 Å². The first-order valence-electron chi connectivity index (χ1n) is 1.27. The molecule has 0 fully saturated rings. The Morgan fingerprint density at radius 3 is 1.80 bits per heavy atom. The van der Waals surface area contributed by atoms with E-state index in [1.54, 1.807) is 6.08 Å². The van der Waals surface area contributed by atoms with E-state index < -0.39 is 0 Å². The van der Waals surface area contributed by atoms with E-state index in [4.69, 9.17) is 0 Å². The summed E-state index contributed by atoms with van der Waals surface area (Å²) < 4.78 is 4.50. The Hall–Kier alpha value is 0.414. The van der Waals surface area contributed by atoms with E-state index >= 15 is 0 Å². The predicted molar refractivity (Wildman–Crippen MR) is 20.1 cm³/mol. The number of hydrogen-bond donors (Lipinski definition) is 1. The Kier molecular flexibility index (Phi) is 46.6. The van der Waals surface area contributed by atoms with Crippen molar-refractivity contribution in [3.05, 3.63) is 12.7 Å². The molecule has 0 bridgehead atoms. The zero-order valence-electron chi connectivity index (χ0n) is 3.36. The molecule has 0 saturated carbocycles. The Bertz CT molecular complexity index is 14.4. The molecule has 0 atom stereocenters. The van der Waals surface area contributed by atoms with E-state index in [-0.39, 0.29) is 0 Å². The quantitative estimate of drug-likeness (QED) is 0.355. The van der Waals surface area contributed by atoms with Gasteiger partial charge in [-0.05, 0) is 6.92 Å². The molecule has 0 aromatic heterocycles. The summed E-state index contributed by atoms with van der Waals surface area (Å²) >= 11 is 1.50. The fraction of sp³-hybridized carbons (Fsp3) is 0.333. The first-order chi connectivity index (χ1) is 2.41. The van der Waals surface area contributed by atoms with Gasteiger partial charge >= 0.3 is 24.9 Å². The average Bonchev–Trinajstić information content (AvgIpc) is 1.46. The van der Waals surface area contributed by atoms with Gasteiger partial charge in [0.1, 0.15) is 0 Å². The Morgan fingerprint density at radius 2 is 1.80 bits per heavy atom. The van der Waals surface area contributed by atoms with Gasteiger partial charge in [0.2, 0.25) is 0 Å². The Labute approximate surface area is 45.0 Å². The minimum atomic E-state index is 1.50. The molecule has 2 N–H and O–H groups in total. The SMILES string of the molecule is C=CC.[NH2][Ti]. The van der Waals surface area contributed by atoms with Crippen LogP contribution in [-0.2, 0) is 20.7 Å². The van der Waals surface area contributed by atoms with Crippen molar-refractivity contribution in [3.63, 3.8) is 0 Å². The van der Waals surface area contributed by atoms with E-state index in [0.29, 0.717) is 0 Å². The standard InChI is InChI=1S/C3H6.H2N.Ti/c1-3-2;;/h3H,1H2,2H3;1H2;/q;-1;+1. The van der Waals surface area contributed by atoms with Crippen LogP contribution in [0.15, 0.2) is 12.7 Å². The van der Waals surface area contributed by atoms with Gasteiger partial charge in [0.15, 0.2) is 0 Å². The number of hydrogen-bond acceptors (Lipinski definition) is 1. The molecule has 1 nitrogen and oxygen atoms in total. The third-order valence-electron chi connectivity index (χ3n) is 0. The van der Waals surface area contributed by atoms with Gasteiger partial charge in [-0.25, -0.2) is 0 Å². The van der Waals surface area contributed by atoms with Crippen LogP contribution in [0.25, 0.3) is 0 Å². The van der Waals surface area contributed by atoms with Crippen molar-refractivity contribution >= 4 is 0 Å². The number of allylic oxidation sites excluding steroid dienone is 1. The van der Waals surface area contributed by atoms with E-state index in [2.05, 4.69) is 10.8 Å². The summed E-state index contributed by atoms with van der Waals surface area (Å²) in [6.07, 6.45) is 1.75. The van der Waals surface area contributed by atoms with Gasteiger partial charge in [0, 0.05) is 0 Å². The van der Waals surface area contributed by atoms with Crippen LogP contribution in [0.2, 0.25) is 0 Å². The van der Waals surface area contributed by atoms with Crippen molar-refractivity contribution in [1.29, 1.82) is 0 Å². The molecule has 0 amide bonds. The maximum absolute atomic E-state index is 4.50. The summed E-state index contributed by atoms with van der Waals surface area (Å²) in [7, 11) is 0. The molecule has 0 radical (unpaired) electrons. The number of rotatable bonds is 0. The van der Waals surface area contributed by atoms with Crippen molar-refractivity contribution in [2.75, 3.05) is 0 Å². The van der Waals surface area contributed by atoms with E-state index in [1.807, 2.05) is 6.92 Å². The van der Waals surface area contributed by atoms with Crippen molar-refractivity contribution < 1.29 is 20.7 Å². The fourth-order valence-electron chi connectivity index (χ4n) is 0. The van der Waals surface area contributed by atoms with Gasteiger partial charge < -0.3 is 0 Å². The predicted octanol–water partition coefficient (Wildman–Crippen LogP) is 0.599. The normalized spacial score (nSPS) is 3.40. The molecule has 0 spiro atoms. The summed E-state index contributed by atoms with van der Waals surface area (Å²) in [5.74, 6) is 0. The molecule has 5 heavy (non-hydrogen) atoms. The second-order valence-electron chi connectivity index (χ2n) is 0.408. The second-order valence-corrected chi connectivity index (χ2v) is 0.408. The fourth-order valence-corrected chi connectivity index (χ4v) is 0. The first kappa shape index (κ1) is 9.05. The summed E-state index contributed by atoms with van der Waals surface area (Å²) in [6, 6.07) is 0. The van der Waals surface area contributed by atoms with Crippen LogP contribution < -0.4 is 4.22 Å². The van der Waals surface area contributed by atoms with Gasteiger partial charge in [-0.15, -0.1) is 6.58 Å². The molecular weight excluding hydrogens is 97.9 g/mol. The van der Waals surface area contributed by atoms with Gasteiger partial charge in [-0.2, -0.15) is 0 Å². The average molecular weight is 106 g/mol. The molecule has 0 aliphatic rings. The molecule has 0 aromatic rings. The first-order valence-corrected chi connectivity index (χ1v) is 2.18. The van der Waals surface area contributed by atoms with Gasteiger partial charge in [0.05, 0.1) is 0 Å². The van der Waals surface area contributed by atoms with Gasteiger partial charge in [0.25, 0.3) is 0 Å². The topological polar surface area (TPSA) is 26.0 Å². The van der Waals surface area contributed by atoms with E-state index in [9.17, 15) is 0 Å². The Morgan fingerprint density at radius 1 is 1.80 bits per heavy atom. The Balaban J connectivity index is 0. The molecule has 0 unspecified atom stereocenters. The van der Waals surface area contributed by atoms with Crippen LogP contribution in [0.3, 0.4) is 0 Å². The maximum atomic E-state index is 4.50. The molecule has 0 saturated heterocycles. The van der Waals surface area contributed by atoms with Gasteiger partial charge in [-0.3, -0.25) is 0 Å². The number of nitrogens with two attached hydrogens (primary N) is 1. The molecule has 0 aliphatic carbocycles. The van der Waals surface area contributed by atoms with Crippen molar-refractivity contribution in [3.8, 4) is 0 Å². The van der Waals surface area contributed by atoms with E-state index in [1.165, 1.54) is 20.7 Å². The zero-order valence-corrected chi connectivity index (χ0v) is 4.92. The monoisotopic (exact) mass is 106 g/mol. The third-order valence-corrected chi connectivity index (χ3v) is 0. The third kappa shape index (κ3) is 150. The molecule has 0 aliphatic heterocycles. The van der Waals surface area contributed by atoms with Crippen LogP contribution in [0.1, 0.15) is 6.92 Å². The summed E-state index contributed by atoms with van der Waals surface area (Å²) in [6.45, 7) is 5.25.